The van der Waals surface area contributed by atoms with Crippen LogP contribution in [0.3, 0.4) is 0 Å². The van der Waals surface area contributed by atoms with Gasteiger partial charge in [0, 0.05) is 0 Å². The first-order valence-electron chi connectivity index (χ1n) is 4.47. The third-order valence-electron chi connectivity index (χ3n) is 1.95. The molecule has 5 heteroatoms. The van der Waals surface area contributed by atoms with Crippen LogP contribution in [0.2, 0.25) is 0 Å². The predicted octanol–water partition coefficient (Wildman–Crippen LogP) is -0.0594. The van der Waals surface area contributed by atoms with Crippen LogP contribution in [0, 0.1) is 0 Å². The molecule has 2 aromatic rings. The van der Waals surface area contributed by atoms with E-state index in [1.54, 1.807) is 29.3 Å². The van der Waals surface area contributed by atoms with Gasteiger partial charge in [0.1, 0.15) is 0 Å². The van der Waals surface area contributed by atoms with Crippen LogP contribution in [-0.4, -0.2) is 29.6 Å². The number of nitrogens with zero attached hydrogens (tertiary/aromatic N) is 2. The van der Waals surface area contributed by atoms with Crippen molar-refractivity contribution in [1.82, 2.24) is 4.75 Å². The number of hydrogen-bond acceptors (Lipinski definition) is 2. The summed E-state index contributed by atoms with van der Waals surface area (Å²) in [6.45, 7) is 0. The van der Waals surface area contributed by atoms with E-state index in [1.165, 1.54) is 12.1 Å². The van der Waals surface area contributed by atoms with Gasteiger partial charge in [0.2, 0.25) is 0 Å². The van der Waals surface area contributed by atoms with E-state index in [9.17, 15) is 9.59 Å². The Hall–Kier alpha value is -1.18. The van der Waals surface area contributed by atoms with Crippen molar-refractivity contribution in [3.63, 3.8) is 0 Å². The fraction of sp³-hybridized carbons (Fsp3) is 0. The van der Waals surface area contributed by atoms with E-state index < -0.39 is 24.8 Å². The van der Waals surface area contributed by atoms with E-state index in [0.717, 1.165) is 0 Å². The Balaban J connectivity index is 2.39. The molecule has 0 fully saturated rings. The molecule has 2 rings (SSSR count). The zero-order valence-corrected chi connectivity index (χ0v) is 12.4. The van der Waals surface area contributed by atoms with Crippen molar-refractivity contribution in [2.24, 2.45) is 0 Å². The Bertz CT molecular complexity index is 522. The predicted molar refractivity (Wildman–Crippen MR) is 58.0 cm³/mol. The van der Waals surface area contributed by atoms with Crippen LogP contribution in [-0.2, 0) is 0 Å². The average Bonchev–Trinajstić information content (AvgIpc) is 2.24. The van der Waals surface area contributed by atoms with Crippen molar-refractivity contribution in [1.29, 1.82) is 0 Å². The van der Waals surface area contributed by atoms with Crippen LogP contribution in [0.5, 0.6) is 0 Å². The van der Waals surface area contributed by atoms with Gasteiger partial charge in [0.25, 0.3) is 0 Å². The summed E-state index contributed by atoms with van der Waals surface area (Å²) in [7, 11) is 0. The summed E-state index contributed by atoms with van der Waals surface area (Å²) in [6, 6.07) is 10.1. The first-order valence-corrected chi connectivity index (χ1v) is 8.48. The van der Waals surface area contributed by atoms with Gasteiger partial charge in [0.05, 0.1) is 0 Å². The Morgan fingerprint density at radius 2 is 1.27 bits per heavy atom. The SMILES string of the molecule is O=c1cccc[n]1[Tl][n]1ccccc1=O. The standard InChI is InChI=1S/2C5H5NO.Tl/c2*7-5-3-1-2-4-6-5;/h2*1-4H,(H,6,7);/q;;+2/p-2. The number of rotatable bonds is 2. The van der Waals surface area contributed by atoms with Gasteiger partial charge in [-0.2, -0.15) is 0 Å². The fourth-order valence-electron chi connectivity index (χ4n) is 1.20. The molecule has 2 aromatic heterocycles. The molecule has 73 valence electrons. The maximum absolute atomic E-state index is 11.4. The van der Waals surface area contributed by atoms with Crippen LogP contribution in [0.1, 0.15) is 0 Å². The van der Waals surface area contributed by atoms with Gasteiger partial charge in [-0.25, -0.2) is 0 Å². The van der Waals surface area contributed by atoms with Gasteiger partial charge >= 0.3 is 99.1 Å². The molecule has 0 bridgehead atoms. The van der Waals surface area contributed by atoms with E-state index in [0.29, 0.717) is 0 Å². The van der Waals surface area contributed by atoms with E-state index in [-0.39, 0.29) is 11.1 Å². The molecule has 0 atom stereocenters. The summed E-state index contributed by atoms with van der Waals surface area (Å²) >= 11 is -1.75. The van der Waals surface area contributed by atoms with Crippen molar-refractivity contribution >= 4 is 24.8 Å². The van der Waals surface area contributed by atoms with Crippen LogP contribution < -0.4 is 11.1 Å². The summed E-state index contributed by atoms with van der Waals surface area (Å²) < 4.78 is 3.36. The summed E-state index contributed by atoms with van der Waals surface area (Å²) in [5.74, 6) is 0. The molecule has 0 amide bonds. The van der Waals surface area contributed by atoms with Crippen LogP contribution in [0.15, 0.2) is 58.4 Å². The zero-order valence-electron chi connectivity index (χ0n) is 7.91. The molecule has 0 saturated heterocycles. The fourth-order valence-corrected chi connectivity index (χ4v) is 5.17. The molecule has 2 heterocycles. The van der Waals surface area contributed by atoms with Crippen molar-refractivity contribution in [3.05, 3.63) is 69.5 Å². The normalized spacial score (nSPS) is 9.60. The van der Waals surface area contributed by atoms with E-state index in [2.05, 4.69) is 0 Å². The molecule has 0 aromatic carbocycles. The third kappa shape index (κ3) is 2.44. The van der Waals surface area contributed by atoms with Crippen molar-refractivity contribution in [3.8, 4) is 0 Å². The summed E-state index contributed by atoms with van der Waals surface area (Å²) in [5, 5.41) is 0. The third-order valence-corrected chi connectivity index (χ3v) is 7.20. The molecule has 0 aliphatic rings. The molecular weight excluding hydrogens is 385 g/mol. The van der Waals surface area contributed by atoms with E-state index in [4.69, 9.17) is 0 Å². The van der Waals surface area contributed by atoms with Crippen LogP contribution in [0.25, 0.3) is 0 Å². The molecule has 0 spiro atoms. The topological polar surface area (TPSA) is 44.0 Å². The van der Waals surface area contributed by atoms with Gasteiger partial charge in [-0.05, 0) is 0 Å². The molecule has 0 unspecified atom stereocenters. The van der Waals surface area contributed by atoms with Gasteiger partial charge in [-0.15, -0.1) is 0 Å². The molecule has 0 aliphatic heterocycles. The summed E-state index contributed by atoms with van der Waals surface area (Å²) in [6.07, 6.45) is 3.49. The van der Waals surface area contributed by atoms with Crippen LogP contribution in [0.4, 0.5) is 0 Å². The molecular formula is C10H8N2O2Tl. The Kier molecular flexibility index (Phi) is 3.15. The van der Waals surface area contributed by atoms with Crippen molar-refractivity contribution in [2.45, 2.75) is 0 Å². The minimum absolute atomic E-state index is 0.0248. The summed E-state index contributed by atoms with van der Waals surface area (Å²) in [4.78, 5) is 22.9. The molecule has 0 saturated carbocycles. The monoisotopic (exact) mass is 393 g/mol. The molecule has 15 heavy (non-hydrogen) atoms. The first kappa shape index (κ1) is 10.3. The van der Waals surface area contributed by atoms with E-state index >= 15 is 0 Å². The van der Waals surface area contributed by atoms with Crippen LogP contribution >= 0.6 is 0 Å². The number of hydrogen-bond donors (Lipinski definition) is 0. The first-order chi connectivity index (χ1) is 7.27. The Labute approximate surface area is 98.9 Å². The van der Waals surface area contributed by atoms with Gasteiger partial charge in [-0.3, -0.25) is 0 Å². The average molecular weight is 393 g/mol. The number of pyridine rings is 2. The maximum atomic E-state index is 11.4. The van der Waals surface area contributed by atoms with Gasteiger partial charge < -0.3 is 0 Å². The summed E-state index contributed by atoms with van der Waals surface area (Å²) in [5.41, 5.74) is -0.0495. The van der Waals surface area contributed by atoms with Gasteiger partial charge in [-0.1, -0.05) is 0 Å². The zero-order chi connectivity index (χ0) is 10.7. The molecule has 0 aliphatic carbocycles. The second kappa shape index (κ2) is 4.56. The van der Waals surface area contributed by atoms with Gasteiger partial charge in [0.15, 0.2) is 0 Å². The molecule has 0 radical (unpaired) electrons. The second-order valence-electron chi connectivity index (χ2n) is 3.01. The Morgan fingerprint density at radius 3 is 1.67 bits per heavy atom. The second-order valence-corrected chi connectivity index (χ2v) is 8.23. The van der Waals surface area contributed by atoms with E-state index in [1.807, 2.05) is 12.1 Å². The Morgan fingerprint density at radius 1 is 0.800 bits per heavy atom. The quantitative estimate of drug-likeness (QED) is 0.672. The number of aromatic nitrogens is 2. The van der Waals surface area contributed by atoms with Crippen molar-refractivity contribution < 1.29 is 0 Å². The molecule has 0 N–H and O–H groups in total. The minimum atomic E-state index is -1.75. The molecule has 4 nitrogen and oxygen atoms in total. The van der Waals surface area contributed by atoms with Crippen molar-refractivity contribution in [2.75, 3.05) is 0 Å².